The van der Waals surface area contributed by atoms with Crippen LogP contribution in [-0.4, -0.2) is 96.7 Å². The van der Waals surface area contributed by atoms with Gasteiger partial charge in [-0.05, 0) is 71.9 Å². The Morgan fingerprint density at radius 2 is 1.89 bits per heavy atom. The zero-order valence-corrected chi connectivity index (χ0v) is 22.4. The fraction of sp³-hybridized carbons (Fsp3) is 0.714. The smallest absolute Gasteiger partial charge is 0.258 e. The minimum absolute atomic E-state index is 0.00497. The minimum Gasteiger partial charge on any atom is -0.486 e. The zero-order chi connectivity index (χ0) is 25.8. The lowest BCUT2D eigenvalue weighted by molar-refractivity contribution is -0.121. The normalized spacial score (nSPS) is 25.3. The van der Waals surface area contributed by atoms with E-state index < -0.39 is 0 Å². The van der Waals surface area contributed by atoms with E-state index in [4.69, 9.17) is 4.74 Å². The molecule has 1 aliphatic carbocycles. The number of nitrogens with zero attached hydrogens (tertiary/aromatic N) is 3. The second kappa shape index (κ2) is 11.9. The number of likely N-dealkylation sites (tertiary alicyclic amines) is 1. The van der Waals surface area contributed by atoms with Gasteiger partial charge in [-0.2, -0.15) is 0 Å². The molecule has 36 heavy (non-hydrogen) atoms. The Morgan fingerprint density at radius 3 is 2.53 bits per heavy atom. The van der Waals surface area contributed by atoms with Crippen molar-refractivity contribution in [3.8, 4) is 5.75 Å². The van der Waals surface area contributed by atoms with Crippen molar-refractivity contribution in [2.24, 2.45) is 11.8 Å². The quantitative estimate of drug-likeness (QED) is 0.599. The van der Waals surface area contributed by atoms with Crippen molar-refractivity contribution in [3.63, 3.8) is 0 Å². The van der Waals surface area contributed by atoms with Crippen LogP contribution in [-0.2, 0) is 4.79 Å². The molecule has 1 aromatic carbocycles. The Bertz CT molecular complexity index is 909. The van der Waals surface area contributed by atoms with Gasteiger partial charge in [-0.1, -0.05) is 25.8 Å². The number of benzene rings is 1. The van der Waals surface area contributed by atoms with Gasteiger partial charge >= 0.3 is 0 Å². The van der Waals surface area contributed by atoms with Crippen LogP contribution in [0.25, 0.3) is 0 Å². The first-order valence-electron chi connectivity index (χ1n) is 13.7. The molecule has 8 heteroatoms. The first-order chi connectivity index (χ1) is 17.3. The van der Waals surface area contributed by atoms with Crippen LogP contribution in [0.15, 0.2) is 18.2 Å². The topological polar surface area (TPSA) is 85.3 Å². The summed E-state index contributed by atoms with van der Waals surface area (Å²) in [5.74, 6) is 0.271. The maximum Gasteiger partial charge on any atom is 0.258 e. The van der Waals surface area contributed by atoms with Crippen LogP contribution in [0.4, 0.5) is 5.69 Å². The van der Waals surface area contributed by atoms with Gasteiger partial charge < -0.3 is 29.9 Å². The Hall–Kier alpha value is -2.16. The largest absolute Gasteiger partial charge is 0.486 e. The summed E-state index contributed by atoms with van der Waals surface area (Å²) in [5, 5.41) is 12.9. The molecule has 3 aliphatic rings. The van der Waals surface area contributed by atoms with Crippen LogP contribution in [0.3, 0.4) is 0 Å². The molecule has 2 heterocycles. The third-order valence-electron chi connectivity index (χ3n) is 8.24. The molecule has 2 fully saturated rings. The van der Waals surface area contributed by atoms with Crippen LogP contribution in [0, 0.1) is 11.8 Å². The summed E-state index contributed by atoms with van der Waals surface area (Å²) in [5.41, 5.74) is 0.985. The second-order valence-corrected chi connectivity index (χ2v) is 11.3. The van der Waals surface area contributed by atoms with Gasteiger partial charge in [0.25, 0.3) is 5.91 Å². The average Bonchev–Trinajstić information content (AvgIpc) is 3.41. The maximum atomic E-state index is 13.6. The van der Waals surface area contributed by atoms with Crippen LogP contribution in [0.5, 0.6) is 5.75 Å². The molecule has 1 saturated carbocycles. The number of fused-ring (bicyclic) bond motifs is 1. The number of anilines is 1. The number of nitrogens with one attached hydrogen (secondary N) is 1. The number of para-hydroxylation sites is 1. The number of aliphatic hydroxyl groups is 1. The molecule has 4 rings (SSSR count). The van der Waals surface area contributed by atoms with E-state index in [9.17, 15) is 14.7 Å². The molecule has 0 aromatic heterocycles. The molecule has 1 aromatic rings. The second-order valence-electron chi connectivity index (χ2n) is 11.3. The van der Waals surface area contributed by atoms with Crippen molar-refractivity contribution in [2.75, 3.05) is 52.2 Å². The fourth-order valence-corrected chi connectivity index (χ4v) is 5.95. The first kappa shape index (κ1) is 26.9. The van der Waals surface area contributed by atoms with Crippen LogP contribution < -0.4 is 10.1 Å². The van der Waals surface area contributed by atoms with Gasteiger partial charge in [-0.25, -0.2) is 0 Å². The molecular weight excluding hydrogens is 456 g/mol. The van der Waals surface area contributed by atoms with E-state index in [1.807, 2.05) is 27.1 Å². The molecule has 0 unspecified atom stereocenters. The number of piperidine rings is 1. The highest BCUT2D eigenvalue weighted by molar-refractivity contribution is 6.02. The Balaban J connectivity index is 1.55. The molecule has 2 amide bonds. The number of likely N-dealkylation sites (N-methyl/N-ethyl adjacent to an activating group) is 1. The molecule has 3 atom stereocenters. The van der Waals surface area contributed by atoms with Gasteiger partial charge in [0, 0.05) is 31.0 Å². The molecule has 0 bridgehead atoms. The molecule has 2 N–H and O–H groups in total. The van der Waals surface area contributed by atoms with Crippen molar-refractivity contribution < 1.29 is 19.4 Å². The number of hydrogen-bond acceptors (Lipinski definition) is 6. The molecule has 1 saturated heterocycles. The van der Waals surface area contributed by atoms with Gasteiger partial charge in [-0.3, -0.25) is 9.59 Å². The van der Waals surface area contributed by atoms with Gasteiger partial charge in [0.2, 0.25) is 5.91 Å². The number of aliphatic hydroxyl groups excluding tert-OH is 1. The Kier molecular flexibility index (Phi) is 8.91. The zero-order valence-electron chi connectivity index (χ0n) is 22.4. The summed E-state index contributed by atoms with van der Waals surface area (Å²) < 4.78 is 6.52. The fourth-order valence-electron chi connectivity index (χ4n) is 5.95. The third kappa shape index (κ3) is 6.03. The van der Waals surface area contributed by atoms with Crippen molar-refractivity contribution >= 4 is 17.5 Å². The minimum atomic E-state index is -0.311. The summed E-state index contributed by atoms with van der Waals surface area (Å²) in [6.07, 6.45) is 6.77. The number of rotatable bonds is 7. The maximum absolute atomic E-state index is 13.6. The van der Waals surface area contributed by atoms with Crippen LogP contribution >= 0.6 is 0 Å². The lowest BCUT2D eigenvalue weighted by Gasteiger charge is -2.38. The standard InChI is InChI=1S/C28H44N4O4/c1-19-16-32(20(2)18-33)28(35)23-10-7-11-24(26(23)36-25(19)17-30(3)4)29-27(34)21-12-14-31(15-13-21)22-8-5-6-9-22/h7,10-11,19-22,25,33H,5-6,8-9,12-18H2,1-4H3,(H,29,34)/t19-,20+,25+/m1/s1. The van der Waals surface area contributed by atoms with Crippen molar-refractivity contribution in [1.82, 2.24) is 14.7 Å². The summed E-state index contributed by atoms with van der Waals surface area (Å²) >= 11 is 0. The molecule has 8 nitrogen and oxygen atoms in total. The van der Waals surface area contributed by atoms with E-state index in [-0.39, 0.29) is 42.4 Å². The predicted octanol–water partition coefficient (Wildman–Crippen LogP) is 3.06. The summed E-state index contributed by atoms with van der Waals surface area (Å²) in [7, 11) is 4.00. The number of carbonyl (C=O) groups excluding carboxylic acids is 2. The van der Waals surface area contributed by atoms with Crippen LogP contribution in [0.1, 0.15) is 62.7 Å². The highest BCUT2D eigenvalue weighted by Gasteiger charge is 2.35. The van der Waals surface area contributed by atoms with E-state index >= 15 is 0 Å². The highest BCUT2D eigenvalue weighted by Crippen LogP contribution is 2.36. The van der Waals surface area contributed by atoms with Gasteiger partial charge in [0.05, 0.1) is 23.9 Å². The number of hydrogen-bond donors (Lipinski definition) is 2. The van der Waals surface area contributed by atoms with E-state index in [0.717, 1.165) is 25.9 Å². The Labute approximate surface area is 216 Å². The van der Waals surface area contributed by atoms with E-state index in [1.54, 1.807) is 17.0 Å². The average molecular weight is 501 g/mol. The van der Waals surface area contributed by atoms with E-state index in [2.05, 4.69) is 22.0 Å². The van der Waals surface area contributed by atoms with Gasteiger partial charge in [-0.15, -0.1) is 0 Å². The Morgan fingerprint density at radius 1 is 1.19 bits per heavy atom. The molecule has 200 valence electrons. The SMILES string of the molecule is C[C@@H]1CN([C@@H](C)CO)C(=O)c2cccc(NC(=O)C3CCN(C4CCCC4)CC3)c2O[C@H]1CN(C)C. The highest BCUT2D eigenvalue weighted by atomic mass is 16.5. The summed E-state index contributed by atoms with van der Waals surface area (Å²) in [6.45, 7) is 6.94. The molecule has 0 radical (unpaired) electrons. The van der Waals surface area contributed by atoms with E-state index in [1.165, 1.54) is 25.7 Å². The molecule has 2 aliphatic heterocycles. The van der Waals surface area contributed by atoms with Crippen molar-refractivity contribution in [1.29, 1.82) is 0 Å². The number of amides is 2. The van der Waals surface area contributed by atoms with Crippen molar-refractivity contribution in [2.45, 2.75) is 70.6 Å². The number of carbonyl (C=O) groups is 2. The monoisotopic (exact) mass is 500 g/mol. The predicted molar refractivity (Wildman–Crippen MR) is 141 cm³/mol. The van der Waals surface area contributed by atoms with E-state index in [0.29, 0.717) is 36.1 Å². The lowest BCUT2D eigenvalue weighted by atomic mass is 9.94. The summed E-state index contributed by atoms with van der Waals surface area (Å²) in [4.78, 5) is 33.3. The van der Waals surface area contributed by atoms with Gasteiger partial charge in [0.15, 0.2) is 5.75 Å². The summed E-state index contributed by atoms with van der Waals surface area (Å²) in [6, 6.07) is 5.77. The molecular formula is C28H44N4O4. The van der Waals surface area contributed by atoms with Crippen molar-refractivity contribution in [3.05, 3.63) is 23.8 Å². The lowest BCUT2D eigenvalue weighted by Crippen LogP contribution is -2.49. The molecule has 0 spiro atoms. The first-order valence-corrected chi connectivity index (χ1v) is 13.7. The van der Waals surface area contributed by atoms with Crippen LogP contribution in [0.2, 0.25) is 0 Å². The third-order valence-corrected chi connectivity index (χ3v) is 8.24. The van der Waals surface area contributed by atoms with Gasteiger partial charge in [0.1, 0.15) is 6.10 Å². The number of ether oxygens (including phenoxy) is 1.